The lowest BCUT2D eigenvalue weighted by atomic mass is 10.1. The van der Waals surface area contributed by atoms with E-state index in [-0.39, 0.29) is 30.2 Å². The number of hydrogen-bond acceptors (Lipinski definition) is 5. The van der Waals surface area contributed by atoms with Crippen molar-refractivity contribution in [3.05, 3.63) is 36.3 Å². The number of halogens is 1. The van der Waals surface area contributed by atoms with Gasteiger partial charge in [0, 0.05) is 24.7 Å². The number of sulfonamides is 1. The van der Waals surface area contributed by atoms with E-state index in [0.717, 1.165) is 0 Å². The van der Waals surface area contributed by atoms with Crippen molar-refractivity contribution >= 4 is 30.8 Å². The van der Waals surface area contributed by atoms with Gasteiger partial charge in [-0.3, -0.25) is 4.98 Å². The maximum Gasteiger partial charge on any atom is 0.244 e. The summed E-state index contributed by atoms with van der Waals surface area (Å²) in [5.41, 5.74) is 0.486. The van der Waals surface area contributed by atoms with Crippen molar-refractivity contribution in [3.8, 4) is 0 Å². The van der Waals surface area contributed by atoms with Gasteiger partial charge in [0.2, 0.25) is 10.0 Å². The minimum atomic E-state index is -3.91. The smallest absolute Gasteiger partial charge is 0.244 e. The van der Waals surface area contributed by atoms with Gasteiger partial charge in [-0.15, -0.1) is 0 Å². The van der Waals surface area contributed by atoms with Gasteiger partial charge in [-0.25, -0.2) is 21.2 Å². The molecule has 136 valence electrons. The molecule has 1 saturated heterocycles. The molecule has 1 aromatic heterocycles. The summed E-state index contributed by atoms with van der Waals surface area (Å²) in [7, 11) is -7.29. The van der Waals surface area contributed by atoms with Crippen molar-refractivity contribution in [3.63, 3.8) is 0 Å². The second-order valence-electron chi connectivity index (χ2n) is 6.74. The molecule has 6 nitrogen and oxygen atoms in total. The van der Waals surface area contributed by atoms with Crippen LogP contribution in [0.2, 0.25) is 0 Å². The summed E-state index contributed by atoms with van der Waals surface area (Å²) in [6, 6.07) is 5.32. The SMILES string of the molecule is CC1(C)CCN(S(=O)(=O)c2cnc3ccc(F)cc3c2)CCS1(=O)=O. The van der Waals surface area contributed by atoms with E-state index in [1.54, 1.807) is 13.8 Å². The van der Waals surface area contributed by atoms with E-state index < -0.39 is 30.4 Å². The van der Waals surface area contributed by atoms with Gasteiger partial charge in [0.05, 0.1) is 16.0 Å². The van der Waals surface area contributed by atoms with Gasteiger partial charge in [0.15, 0.2) is 9.84 Å². The monoisotopic (exact) mass is 386 g/mol. The first-order valence-electron chi connectivity index (χ1n) is 7.81. The largest absolute Gasteiger partial charge is 0.255 e. The standard InChI is InChI=1S/C16H19FN2O4S2/c1-16(2)5-6-19(7-8-24(16,20)21)25(22,23)14-10-12-9-13(17)3-4-15(12)18-11-14/h3-4,9-11H,5-8H2,1-2H3. The molecule has 0 unspecified atom stereocenters. The van der Waals surface area contributed by atoms with Gasteiger partial charge >= 0.3 is 0 Å². The van der Waals surface area contributed by atoms with Crippen LogP contribution < -0.4 is 0 Å². The lowest BCUT2D eigenvalue weighted by molar-refractivity contribution is 0.414. The third-order valence-corrected chi connectivity index (χ3v) is 9.14. The van der Waals surface area contributed by atoms with Gasteiger partial charge in [-0.05, 0) is 44.5 Å². The number of rotatable bonds is 2. The first-order chi connectivity index (χ1) is 11.5. The van der Waals surface area contributed by atoms with E-state index in [4.69, 9.17) is 0 Å². The normalized spacial score (nSPS) is 21.1. The fourth-order valence-electron chi connectivity index (χ4n) is 2.77. The van der Waals surface area contributed by atoms with Crippen LogP contribution in [0.4, 0.5) is 4.39 Å². The second-order valence-corrected chi connectivity index (χ2v) is 11.4. The average Bonchev–Trinajstić information content (AvgIpc) is 2.63. The Labute approximate surface area is 146 Å². The Bertz CT molecular complexity index is 1030. The molecule has 0 radical (unpaired) electrons. The summed E-state index contributed by atoms with van der Waals surface area (Å²) >= 11 is 0. The Hall–Kier alpha value is -1.58. The van der Waals surface area contributed by atoms with Gasteiger partial charge in [-0.1, -0.05) is 0 Å². The highest BCUT2D eigenvalue weighted by molar-refractivity contribution is 7.93. The third kappa shape index (κ3) is 3.28. The molecule has 1 aliphatic rings. The molecule has 0 aliphatic carbocycles. The molecule has 9 heteroatoms. The minimum absolute atomic E-state index is 0.0669. The number of nitrogens with zero attached hydrogens (tertiary/aromatic N) is 2. The minimum Gasteiger partial charge on any atom is -0.255 e. The van der Waals surface area contributed by atoms with Crippen molar-refractivity contribution < 1.29 is 21.2 Å². The summed E-state index contributed by atoms with van der Waals surface area (Å²) in [4.78, 5) is 4.01. The number of aromatic nitrogens is 1. The zero-order valence-corrected chi connectivity index (χ0v) is 15.6. The molecule has 2 aromatic rings. The number of hydrogen-bond donors (Lipinski definition) is 0. The average molecular weight is 386 g/mol. The van der Waals surface area contributed by atoms with E-state index in [1.807, 2.05) is 0 Å². The maximum atomic E-state index is 13.4. The second kappa shape index (κ2) is 6.00. The summed E-state index contributed by atoms with van der Waals surface area (Å²) in [6.45, 7) is 3.22. The third-order valence-electron chi connectivity index (χ3n) is 4.67. The molecule has 0 atom stereocenters. The number of fused-ring (bicyclic) bond motifs is 1. The van der Waals surface area contributed by atoms with Crippen LogP contribution in [0.3, 0.4) is 0 Å². The topological polar surface area (TPSA) is 84.4 Å². The van der Waals surface area contributed by atoms with Crippen molar-refractivity contribution in [2.75, 3.05) is 18.8 Å². The molecule has 0 amide bonds. The molecule has 0 N–H and O–H groups in total. The van der Waals surface area contributed by atoms with Crippen molar-refractivity contribution in [2.24, 2.45) is 0 Å². The summed E-state index contributed by atoms with van der Waals surface area (Å²) in [6.07, 6.45) is 1.43. The first-order valence-corrected chi connectivity index (χ1v) is 10.9. The summed E-state index contributed by atoms with van der Waals surface area (Å²) < 4.78 is 63.9. The van der Waals surface area contributed by atoms with Gasteiger partial charge in [-0.2, -0.15) is 4.31 Å². The Balaban J connectivity index is 1.99. The predicted molar refractivity (Wildman–Crippen MR) is 92.9 cm³/mol. The summed E-state index contributed by atoms with van der Waals surface area (Å²) in [5.74, 6) is -0.707. The van der Waals surface area contributed by atoms with E-state index >= 15 is 0 Å². The Morgan fingerprint density at radius 1 is 1.20 bits per heavy atom. The lowest BCUT2D eigenvalue weighted by Crippen LogP contribution is -2.33. The quantitative estimate of drug-likeness (QED) is 0.788. The van der Waals surface area contributed by atoms with Crippen LogP contribution >= 0.6 is 0 Å². The molecule has 0 spiro atoms. The molecule has 0 saturated carbocycles. The molecule has 0 bridgehead atoms. The number of sulfone groups is 1. The Kier molecular flexibility index (Phi) is 4.37. The molecule has 25 heavy (non-hydrogen) atoms. The molecule has 3 rings (SSSR count). The van der Waals surface area contributed by atoms with Crippen LogP contribution in [0.5, 0.6) is 0 Å². The number of benzene rings is 1. The Morgan fingerprint density at radius 2 is 1.92 bits per heavy atom. The molecule has 1 aliphatic heterocycles. The lowest BCUT2D eigenvalue weighted by Gasteiger charge is -2.22. The molecule has 1 fully saturated rings. The van der Waals surface area contributed by atoms with Crippen LogP contribution in [0.15, 0.2) is 35.4 Å². The van der Waals surface area contributed by atoms with E-state index in [2.05, 4.69) is 4.98 Å². The molecular formula is C16H19FN2O4S2. The van der Waals surface area contributed by atoms with Crippen LogP contribution in [0.1, 0.15) is 20.3 Å². The van der Waals surface area contributed by atoms with E-state index in [0.29, 0.717) is 10.9 Å². The van der Waals surface area contributed by atoms with Crippen molar-refractivity contribution in [2.45, 2.75) is 29.9 Å². The van der Waals surface area contributed by atoms with Gasteiger partial charge in [0.1, 0.15) is 10.7 Å². The Morgan fingerprint density at radius 3 is 2.64 bits per heavy atom. The molecular weight excluding hydrogens is 367 g/mol. The zero-order chi connectivity index (χ0) is 18.5. The molecule has 2 heterocycles. The first kappa shape index (κ1) is 18.2. The van der Waals surface area contributed by atoms with E-state index in [9.17, 15) is 21.2 Å². The highest BCUT2D eigenvalue weighted by Gasteiger charge is 2.40. The van der Waals surface area contributed by atoms with E-state index in [1.165, 1.54) is 34.8 Å². The van der Waals surface area contributed by atoms with Crippen molar-refractivity contribution in [1.29, 1.82) is 0 Å². The predicted octanol–water partition coefficient (Wildman–Crippen LogP) is 1.96. The van der Waals surface area contributed by atoms with Crippen LogP contribution in [0, 0.1) is 5.82 Å². The maximum absolute atomic E-state index is 13.4. The van der Waals surface area contributed by atoms with Gasteiger partial charge in [0.25, 0.3) is 0 Å². The zero-order valence-electron chi connectivity index (χ0n) is 13.9. The van der Waals surface area contributed by atoms with Crippen molar-refractivity contribution in [1.82, 2.24) is 9.29 Å². The fraction of sp³-hybridized carbons (Fsp3) is 0.438. The van der Waals surface area contributed by atoms with Crippen LogP contribution in [-0.2, 0) is 19.9 Å². The van der Waals surface area contributed by atoms with Crippen LogP contribution in [-0.4, -0.2) is 49.7 Å². The summed E-state index contributed by atoms with van der Waals surface area (Å²) in [5, 5.41) is 0.379. The number of pyridine rings is 1. The highest BCUT2D eigenvalue weighted by Crippen LogP contribution is 2.28. The van der Waals surface area contributed by atoms with Crippen LogP contribution in [0.25, 0.3) is 10.9 Å². The fourth-order valence-corrected chi connectivity index (χ4v) is 5.73. The highest BCUT2D eigenvalue weighted by atomic mass is 32.2. The van der Waals surface area contributed by atoms with Gasteiger partial charge < -0.3 is 0 Å². The molecule has 1 aromatic carbocycles.